The Bertz CT molecular complexity index is 499. The van der Waals surface area contributed by atoms with Crippen LogP contribution in [0.2, 0.25) is 0 Å². The summed E-state index contributed by atoms with van der Waals surface area (Å²) in [5.41, 5.74) is 1.38. The Morgan fingerprint density at radius 3 is 2.24 bits per heavy atom. The molecule has 1 aromatic rings. The molecule has 1 rings (SSSR count). The number of benzene rings is 1. The normalized spacial score (nSPS) is 12.5. The number of hydrogen-bond donors (Lipinski definition) is 0. The Morgan fingerprint density at radius 1 is 1.14 bits per heavy atom. The van der Waals surface area contributed by atoms with E-state index in [-0.39, 0.29) is 17.6 Å². The lowest BCUT2D eigenvalue weighted by Gasteiger charge is -2.21. The first kappa shape index (κ1) is 17.7. The number of Topliss-reactive ketones (excluding diaryl/α,β-unsaturated/α-hetero) is 1. The van der Waals surface area contributed by atoms with Crippen LogP contribution in [-0.2, 0) is 16.8 Å². The zero-order valence-corrected chi connectivity index (χ0v) is 12.8. The minimum atomic E-state index is -4.49. The molecule has 0 aliphatic rings. The Morgan fingerprint density at radius 2 is 1.76 bits per heavy atom. The van der Waals surface area contributed by atoms with Crippen molar-refractivity contribution in [2.24, 2.45) is 0 Å². The fourth-order valence-corrected chi connectivity index (χ4v) is 1.87. The molecule has 21 heavy (non-hydrogen) atoms. The van der Waals surface area contributed by atoms with E-state index in [1.165, 1.54) is 6.07 Å². The summed E-state index contributed by atoms with van der Waals surface area (Å²) >= 11 is 0. The smallest absolute Gasteiger partial charge is 0.377 e. The van der Waals surface area contributed by atoms with Gasteiger partial charge in [-0.3, -0.25) is 4.79 Å². The van der Waals surface area contributed by atoms with Crippen LogP contribution in [0.3, 0.4) is 0 Å². The van der Waals surface area contributed by atoms with Crippen LogP contribution < -0.4 is 0 Å². The third-order valence-corrected chi connectivity index (χ3v) is 3.01. The average Bonchev–Trinajstić information content (AvgIpc) is 2.33. The molecule has 1 aromatic carbocycles. The average molecular weight is 302 g/mol. The van der Waals surface area contributed by atoms with E-state index in [2.05, 4.69) is 0 Å². The molecule has 0 N–H and O–H groups in total. The van der Waals surface area contributed by atoms with Crippen LogP contribution in [0.15, 0.2) is 18.2 Å². The fourth-order valence-electron chi connectivity index (χ4n) is 1.87. The number of hydrogen-bond acceptors (Lipinski definition) is 2. The first-order chi connectivity index (χ1) is 9.53. The molecule has 2 nitrogen and oxygen atoms in total. The second kappa shape index (κ2) is 6.60. The highest BCUT2D eigenvalue weighted by Gasteiger charge is 2.32. The summed E-state index contributed by atoms with van der Waals surface area (Å²) in [5.74, 6) is -0.911. The lowest BCUT2D eigenvalue weighted by Crippen LogP contribution is -2.17. The summed E-state index contributed by atoms with van der Waals surface area (Å²) in [5, 5.41) is 0. The fraction of sp³-hybridized carbons (Fsp3) is 0.562. The summed E-state index contributed by atoms with van der Waals surface area (Å²) in [4.78, 5) is 11.8. The number of alkyl halides is 3. The van der Waals surface area contributed by atoms with Crippen LogP contribution in [0.25, 0.3) is 0 Å². The Balaban J connectivity index is 3.15. The van der Waals surface area contributed by atoms with Gasteiger partial charge in [0.15, 0.2) is 5.78 Å². The number of halogens is 3. The predicted molar refractivity (Wildman–Crippen MR) is 75.5 cm³/mol. The van der Waals surface area contributed by atoms with Crippen LogP contribution in [0, 0.1) is 0 Å². The van der Waals surface area contributed by atoms with E-state index in [9.17, 15) is 18.0 Å². The molecule has 0 spiro atoms. The Kier molecular flexibility index (Phi) is 5.56. The highest BCUT2D eigenvalue weighted by Crippen LogP contribution is 2.28. The maximum absolute atomic E-state index is 12.4. The van der Waals surface area contributed by atoms with Gasteiger partial charge in [-0.2, -0.15) is 13.2 Å². The van der Waals surface area contributed by atoms with Crippen LogP contribution in [-0.4, -0.2) is 18.6 Å². The molecule has 5 heteroatoms. The number of ether oxygens (including phenoxy) is 1. The van der Waals surface area contributed by atoms with Crippen LogP contribution in [0.1, 0.15) is 55.6 Å². The van der Waals surface area contributed by atoms with Gasteiger partial charge in [-0.1, -0.05) is 26.8 Å². The molecule has 0 aromatic heterocycles. The standard InChI is InChI=1S/C16H21F3O2/c1-5-21-10-11-6-12(14(20)9-16(17,18)19)8-13(7-11)15(2,3)4/h6-8H,5,9-10H2,1-4H3. The zero-order chi connectivity index (χ0) is 16.3. The van der Waals surface area contributed by atoms with Gasteiger partial charge in [0.1, 0.15) is 6.42 Å². The molecule has 0 unspecified atom stereocenters. The van der Waals surface area contributed by atoms with Crippen molar-refractivity contribution in [3.8, 4) is 0 Å². The van der Waals surface area contributed by atoms with Crippen molar-refractivity contribution in [3.63, 3.8) is 0 Å². The van der Waals surface area contributed by atoms with E-state index in [1.807, 2.05) is 33.8 Å². The van der Waals surface area contributed by atoms with Crippen molar-refractivity contribution < 1.29 is 22.7 Å². The number of carbonyl (C=O) groups excluding carboxylic acids is 1. The van der Waals surface area contributed by atoms with E-state index in [0.29, 0.717) is 6.61 Å². The van der Waals surface area contributed by atoms with Gasteiger partial charge in [0.05, 0.1) is 6.61 Å². The highest BCUT2D eigenvalue weighted by molar-refractivity contribution is 5.96. The second-order valence-electron chi connectivity index (χ2n) is 6.02. The van der Waals surface area contributed by atoms with Crippen molar-refractivity contribution in [1.82, 2.24) is 0 Å². The predicted octanol–water partition coefficient (Wildman–Crippen LogP) is 4.66. The van der Waals surface area contributed by atoms with E-state index in [4.69, 9.17) is 4.74 Å². The van der Waals surface area contributed by atoms with Crippen molar-refractivity contribution >= 4 is 5.78 Å². The van der Waals surface area contributed by atoms with E-state index < -0.39 is 18.4 Å². The topological polar surface area (TPSA) is 26.3 Å². The van der Waals surface area contributed by atoms with E-state index in [1.54, 1.807) is 6.07 Å². The van der Waals surface area contributed by atoms with E-state index in [0.717, 1.165) is 11.1 Å². The maximum atomic E-state index is 12.4. The Labute approximate surface area is 123 Å². The third-order valence-electron chi connectivity index (χ3n) is 3.01. The summed E-state index contributed by atoms with van der Waals surface area (Å²) in [6.45, 7) is 8.47. The van der Waals surface area contributed by atoms with Gasteiger partial charge >= 0.3 is 6.18 Å². The molecule has 0 heterocycles. The molecule has 118 valence electrons. The maximum Gasteiger partial charge on any atom is 0.396 e. The quantitative estimate of drug-likeness (QED) is 0.740. The molecule has 0 saturated heterocycles. The summed E-state index contributed by atoms with van der Waals surface area (Å²) in [6.07, 6.45) is -5.93. The van der Waals surface area contributed by atoms with Gasteiger partial charge in [-0.15, -0.1) is 0 Å². The van der Waals surface area contributed by atoms with Gasteiger partial charge in [-0.25, -0.2) is 0 Å². The molecule has 0 amide bonds. The highest BCUT2D eigenvalue weighted by atomic mass is 19.4. The molecule has 0 bridgehead atoms. The van der Waals surface area contributed by atoms with Crippen molar-refractivity contribution in [2.45, 2.75) is 52.3 Å². The number of carbonyl (C=O) groups is 1. The summed E-state index contributed by atoms with van der Waals surface area (Å²) in [6, 6.07) is 4.91. The summed E-state index contributed by atoms with van der Waals surface area (Å²) in [7, 11) is 0. The number of rotatable bonds is 5. The molecular weight excluding hydrogens is 281 g/mol. The lowest BCUT2D eigenvalue weighted by atomic mass is 9.84. The molecule has 0 aliphatic heterocycles. The third kappa shape index (κ3) is 5.87. The second-order valence-corrected chi connectivity index (χ2v) is 6.02. The van der Waals surface area contributed by atoms with Crippen LogP contribution in [0.4, 0.5) is 13.2 Å². The molecule has 0 atom stereocenters. The van der Waals surface area contributed by atoms with Gasteiger partial charge in [0, 0.05) is 12.2 Å². The van der Waals surface area contributed by atoms with Crippen molar-refractivity contribution in [1.29, 1.82) is 0 Å². The lowest BCUT2D eigenvalue weighted by molar-refractivity contribution is -0.125. The monoisotopic (exact) mass is 302 g/mol. The molecule has 0 aliphatic carbocycles. The zero-order valence-electron chi connectivity index (χ0n) is 12.8. The molecule has 0 radical (unpaired) electrons. The van der Waals surface area contributed by atoms with Crippen molar-refractivity contribution in [2.75, 3.05) is 6.61 Å². The summed E-state index contributed by atoms with van der Waals surface area (Å²) < 4.78 is 42.4. The molecule has 0 fully saturated rings. The molecular formula is C16H21F3O2. The SMILES string of the molecule is CCOCc1cc(C(=O)CC(F)(F)F)cc(C(C)(C)C)c1. The molecule has 0 saturated carbocycles. The minimum Gasteiger partial charge on any atom is -0.377 e. The first-order valence-electron chi connectivity index (χ1n) is 6.85. The van der Waals surface area contributed by atoms with Crippen molar-refractivity contribution in [3.05, 3.63) is 34.9 Å². The van der Waals surface area contributed by atoms with Crippen LogP contribution in [0.5, 0.6) is 0 Å². The first-order valence-corrected chi connectivity index (χ1v) is 6.85. The number of ketones is 1. The Hall–Kier alpha value is -1.36. The largest absolute Gasteiger partial charge is 0.396 e. The van der Waals surface area contributed by atoms with Gasteiger partial charge in [0.2, 0.25) is 0 Å². The van der Waals surface area contributed by atoms with Crippen LogP contribution >= 0.6 is 0 Å². The van der Waals surface area contributed by atoms with E-state index >= 15 is 0 Å². The van der Waals surface area contributed by atoms with Gasteiger partial charge in [-0.05, 0) is 35.6 Å². The van der Waals surface area contributed by atoms with Gasteiger partial charge in [0.25, 0.3) is 0 Å². The minimum absolute atomic E-state index is 0.0921. The van der Waals surface area contributed by atoms with Gasteiger partial charge < -0.3 is 4.74 Å².